The van der Waals surface area contributed by atoms with Crippen LogP contribution < -0.4 is 14.8 Å². The molecule has 5 nitrogen and oxygen atoms in total. The fourth-order valence-corrected chi connectivity index (χ4v) is 2.82. The Bertz CT molecular complexity index is 563. The fraction of sp³-hybridized carbons (Fsp3) is 0.611. The van der Waals surface area contributed by atoms with E-state index in [1.807, 2.05) is 0 Å². The molecule has 0 unspecified atom stereocenters. The summed E-state index contributed by atoms with van der Waals surface area (Å²) in [4.78, 5) is 14.6. The van der Waals surface area contributed by atoms with Crippen molar-refractivity contribution in [1.29, 1.82) is 0 Å². The van der Waals surface area contributed by atoms with E-state index >= 15 is 0 Å². The van der Waals surface area contributed by atoms with E-state index in [9.17, 15) is 4.79 Å². The van der Waals surface area contributed by atoms with Gasteiger partial charge in [0.05, 0.1) is 17.3 Å². The van der Waals surface area contributed by atoms with Gasteiger partial charge in [0.15, 0.2) is 11.5 Å². The van der Waals surface area contributed by atoms with Gasteiger partial charge in [-0.05, 0) is 26.8 Å². The van der Waals surface area contributed by atoms with Crippen molar-refractivity contribution >= 4 is 23.2 Å². The Kier molecular flexibility index (Phi) is 7.18. The zero-order valence-electron chi connectivity index (χ0n) is 14.7. The summed E-state index contributed by atoms with van der Waals surface area (Å²) >= 11 is 6.24. The molecule has 2 rings (SSSR count). The number of carbonyl (C=O) groups excluding carboxylic acids is 1. The lowest BCUT2D eigenvalue weighted by Crippen LogP contribution is -2.38. The molecule has 0 atom stereocenters. The number of benzene rings is 1. The number of ether oxygens (including phenoxy) is 2. The molecule has 24 heavy (non-hydrogen) atoms. The van der Waals surface area contributed by atoms with Crippen LogP contribution in [-0.2, 0) is 4.79 Å². The number of nitrogens with one attached hydrogen (secondary N) is 1. The van der Waals surface area contributed by atoms with Crippen molar-refractivity contribution in [3.8, 4) is 11.5 Å². The maximum absolute atomic E-state index is 12.4. The molecule has 1 amide bonds. The molecule has 0 spiro atoms. The van der Waals surface area contributed by atoms with E-state index in [0.717, 1.165) is 13.0 Å². The van der Waals surface area contributed by atoms with E-state index < -0.39 is 0 Å². The molecule has 1 aromatic rings. The standard InChI is InChI=1S/C18H27ClN2O3/c1-4-5-6-7-21(13(2)3)12-18(22)20-15-11-17-16(10-14(15)19)23-8-9-24-17/h10-11,13H,4-9,12H2,1-3H3,(H,20,22). The molecule has 0 bridgehead atoms. The Balaban J connectivity index is 1.97. The molecule has 0 aromatic heterocycles. The third kappa shape index (κ3) is 5.28. The predicted octanol–water partition coefficient (Wildman–Crippen LogP) is 3.95. The van der Waals surface area contributed by atoms with Gasteiger partial charge in [0, 0.05) is 18.2 Å². The lowest BCUT2D eigenvalue weighted by Gasteiger charge is -2.26. The fourth-order valence-electron chi connectivity index (χ4n) is 2.62. The number of fused-ring (bicyclic) bond motifs is 1. The first-order valence-corrected chi connectivity index (χ1v) is 9.02. The molecule has 0 aliphatic carbocycles. The first-order valence-electron chi connectivity index (χ1n) is 8.64. The molecule has 134 valence electrons. The van der Waals surface area contributed by atoms with Crippen LogP contribution in [0.25, 0.3) is 0 Å². The number of hydrogen-bond acceptors (Lipinski definition) is 4. The molecular weight excluding hydrogens is 328 g/mol. The van der Waals surface area contributed by atoms with Gasteiger partial charge < -0.3 is 14.8 Å². The van der Waals surface area contributed by atoms with Crippen LogP contribution in [0.3, 0.4) is 0 Å². The monoisotopic (exact) mass is 354 g/mol. The van der Waals surface area contributed by atoms with Crippen molar-refractivity contribution < 1.29 is 14.3 Å². The van der Waals surface area contributed by atoms with E-state index in [1.54, 1.807) is 12.1 Å². The third-order valence-corrected chi connectivity index (χ3v) is 4.34. The van der Waals surface area contributed by atoms with E-state index in [4.69, 9.17) is 21.1 Å². The molecule has 1 aromatic carbocycles. The van der Waals surface area contributed by atoms with Gasteiger partial charge in [0.1, 0.15) is 13.2 Å². The van der Waals surface area contributed by atoms with Gasteiger partial charge in [-0.1, -0.05) is 31.4 Å². The highest BCUT2D eigenvalue weighted by Gasteiger charge is 2.18. The number of unbranched alkanes of at least 4 members (excludes halogenated alkanes) is 2. The highest BCUT2D eigenvalue weighted by Crippen LogP contribution is 2.37. The zero-order chi connectivity index (χ0) is 17.5. The molecule has 0 saturated carbocycles. The number of hydrogen-bond donors (Lipinski definition) is 1. The van der Waals surface area contributed by atoms with Gasteiger partial charge >= 0.3 is 0 Å². The van der Waals surface area contributed by atoms with Crippen molar-refractivity contribution in [2.75, 3.05) is 31.6 Å². The Hall–Kier alpha value is -1.46. The minimum Gasteiger partial charge on any atom is -0.486 e. The van der Waals surface area contributed by atoms with Crippen molar-refractivity contribution in [2.24, 2.45) is 0 Å². The second kappa shape index (κ2) is 9.14. The first kappa shape index (κ1) is 18.9. The van der Waals surface area contributed by atoms with Crippen LogP contribution in [0.5, 0.6) is 11.5 Å². The van der Waals surface area contributed by atoms with E-state index in [0.29, 0.717) is 48.0 Å². The molecule has 1 aliphatic rings. The summed E-state index contributed by atoms with van der Waals surface area (Å²) < 4.78 is 11.0. The number of nitrogens with zero attached hydrogens (tertiary/aromatic N) is 1. The average molecular weight is 355 g/mol. The predicted molar refractivity (Wildman–Crippen MR) is 97.3 cm³/mol. The number of rotatable bonds is 8. The Morgan fingerprint density at radius 2 is 1.92 bits per heavy atom. The normalized spacial score (nSPS) is 13.4. The van der Waals surface area contributed by atoms with Crippen molar-refractivity contribution in [3.63, 3.8) is 0 Å². The van der Waals surface area contributed by atoms with Crippen LogP contribution in [0.2, 0.25) is 5.02 Å². The smallest absolute Gasteiger partial charge is 0.238 e. The van der Waals surface area contributed by atoms with Gasteiger partial charge in [-0.25, -0.2) is 0 Å². The van der Waals surface area contributed by atoms with Gasteiger partial charge in [-0.3, -0.25) is 9.69 Å². The summed E-state index contributed by atoms with van der Waals surface area (Å²) in [6.07, 6.45) is 3.45. The topological polar surface area (TPSA) is 50.8 Å². The van der Waals surface area contributed by atoms with Crippen LogP contribution in [0.4, 0.5) is 5.69 Å². The Labute approximate surface area is 149 Å². The highest BCUT2D eigenvalue weighted by molar-refractivity contribution is 6.34. The minimum atomic E-state index is -0.0706. The van der Waals surface area contributed by atoms with Crippen LogP contribution >= 0.6 is 11.6 Å². The summed E-state index contributed by atoms with van der Waals surface area (Å²) in [5.41, 5.74) is 0.559. The van der Waals surface area contributed by atoms with Crippen LogP contribution in [0.15, 0.2) is 12.1 Å². The van der Waals surface area contributed by atoms with Gasteiger partial charge in [0.25, 0.3) is 0 Å². The lowest BCUT2D eigenvalue weighted by atomic mass is 10.2. The second-order valence-electron chi connectivity index (χ2n) is 6.30. The van der Waals surface area contributed by atoms with E-state index in [2.05, 4.69) is 31.0 Å². The Morgan fingerprint density at radius 3 is 2.54 bits per heavy atom. The largest absolute Gasteiger partial charge is 0.486 e. The number of anilines is 1. The minimum absolute atomic E-state index is 0.0706. The average Bonchev–Trinajstić information content (AvgIpc) is 2.54. The molecule has 1 N–H and O–H groups in total. The van der Waals surface area contributed by atoms with Crippen LogP contribution in [0.1, 0.15) is 40.0 Å². The first-order chi connectivity index (χ1) is 11.5. The summed E-state index contributed by atoms with van der Waals surface area (Å²) in [7, 11) is 0. The molecule has 6 heteroatoms. The maximum atomic E-state index is 12.4. The molecule has 0 radical (unpaired) electrons. The zero-order valence-corrected chi connectivity index (χ0v) is 15.5. The van der Waals surface area contributed by atoms with Crippen LogP contribution in [-0.4, -0.2) is 43.2 Å². The quantitative estimate of drug-likeness (QED) is 0.718. The maximum Gasteiger partial charge on any atom is 0.238 e. The number of halogens is 1. The molecule has 1 heterocycles. The SMILES string of the molecule is CCCCCN(CC(=O)Nc1cc2c(cc1Cl)OCCO2)C(C)C. The van der Waals surface area contributed by atoms with Crippen molar-refractivity contribution in [1.82, 2.24) is 4.90 Å². The molecular formula is C18H27ClN2O3. The van der Waals surface area contributed by atoms with Crippen molar-refractivity contribution in [2.45, 2.75) is 46.1 Å². The third-order valence-electron chi connectivity index (χ3n) is 4.03. The van der Waals surface area contributed by atoms with Gasteiger partial charge in [-0.2, -0.15) is 0 Å². The summed E-state index contributed by atoms with van der Waals surface area (Å²) in [5, 5.41) is 3.34. The summed E-state index contributed by atoms with van der Waals surface area (Å²) in [5.74, 6) is 1.16. The molecule has 1 aliphatic heterocycles. The van der Waals surface area contributed by atoms with E-state index in [1.165, 1.54) is 12.8 Å². The molecule has 0 saturated heterocycles. The van der Waals surface area contributed by atoms with Crippen LogP contribution in [0, 0.1) is 0 Å². The number of carbonyl (C=O) groups is 1. The van der Waals surface area contributed by atoms with E-state index in [-0.39, 0.29) is 5.91 Å². The Morgan fingerprint density at radius 1 is 1.25 bits per heavy atom. The lowest BCUT2D eigenvalue weighted by molar-refractivity contribution is -0.117. The van der Waals surface area contributed by atoms with Crippen molar-refractivity contribution in [3.05, 3.63) is 17.2 Å². The highest BCUT2D eigenvalue weighted by atomic mass is 35.5. The number of amides is 1. The molecule has 0 fully saturated rings. The van der Waals surface area contributed by atoms with Gasteiger partial charge in [-0.15, -0.1) is 0 Å². The summed E-state index contributed by atoms with van der Waals surface area (Å²) in [6.45, 7) is 8.68. The van der Waals surface area contributed by atoms with Gasteiger partial charge in [0.2, 0.25) is 5.91 Å². The summed E-state index contributed by atoms with van der Waals surface area (Å²) in [6, 6.07) is 3.74. The second-order valence-corrected chi connectivity index (χ2v) is 6.70.